The van der Waals surface area contributed by atoms with Gasteiger partial charge in [0.1, 0.15) is 4.70 Å². The second-order valence-corrected chi connectivity index (χ2v) is 5.74. The van der Waals surface area contributed by atoms with E-state index in [2.05, 4.69) is 4.98 Å². The van der Waals surface area contributed by atoms with Crippen molar-refractivity contribution >= 4 is 45.2 Å². The summed E-state index contributed by atoms with van der Waals surface area (Å²) in [7, 11) is 0. The Hall–Kier alpha value is -1.87. The van der Waals surface area contributed by atoms with Gasteiger partial charge in [0, 0.05) is 6.54 Å². The SMILES string of the molecule is NC(=O)CSc1nc2ccsc2c(=O)n1CCC(=O)O. The van der Waals surface area contributed by atoms with Gasteiger partial charge in [0.2, 0.25) is 5.91 Å². The van der Waals surface area contributed by atoms with Gasteiger partial charge in [-0.05, 0) is 11.4 Å². The van der Waals surface area contributed by atoms with Gasteiger partial charge in [-0.2, -0.15) is 0 Å². The number of nitrogens with zero attached hydrogens (tertiary/aromatic N) is 2. The minimum Gasteiger partial charge on any atom is -0.481 e. The lowest BCUT2D eigenvalue weighted by Crippen LogP contribution is -2.24. The van der Waals surface area contributed by atoms with Crippen LogP contribution in [0.15, 0.2) is 21.4 Å². The first-order valence-corrected chi connectivity index (χ1v) is 7.46. The van der Waals surface area contributed by atoms with Crippen LogP contribution >= 0.6 is 23.1 Å². The first kappa shape index (κ1) is 14.5. The van der Waals surface area contributed by atoms with E-state index in [4.69, 9.17) is 10.8 Å². The number of carbonyl (C=O) groups is 2. The molecule has 2 aromatic rings. The Morgan fingerprint density at radius 1 is 1.50 bits per heavy atom. The molecule has 0 unspecified atom stereocenters. The monoisotopic (exact) mass is 313 g/mol. The lowest BCUT2D eigenvalue weighted by atomic mass is 10.4. The first-order valence-electron chi connectivity index (χ1n) is 5.60. The minimum absolute atomic E-state index is 0.0100. The maximum absolute atomic E-state index is 12.3. The maximum atomic E-state index is 12.3. The summed E-state index contributed by atoms with van der Waals surface area (Å²) < 4.78 is 1.75. The summed E-state index contributed by atoms with van der Waals surface area (Å²) in [5.41, 5.74) is 5.32. The van der Waals surface area contributed by atoms with Gasteiger partial charge in [0.25, 0.3) is 5.56 Å². The zero-order valence-electron chi connectivity index (χ0n) is 10.2. The van der Waals surface area contributed by atoms with E-state index in [0.29, 0.717) is 15.4 Å². The average molecular weight is 313 g/mol. The van der Waals surface area contributed by atoms with Crippen LogP contribution in [0.5, 0.6) is 0 Å². The predicted molar refractivity (Wildman–Crippen MR) is 76.1 cm³/mol. The molecular weight excluding hydrogens is 302 g/mol. The second-order valence-electron chi connectivity index (χ2n) is 3.88. The molecule has 9 heteroatoms. The minimum atomic E-state index is -1.01. The molecule has 3 N–H and O–H groups in total. The molecule has 0 aliphatic rings. The molecule has 0 saturated carbocycles. The third-order valence-corrected chi connectivity index (χ3v) is 4.31. The summed E-state index contributed by atoms with van der Waals surface area (Å²) in [5.74, 6) is -1.55. The number of primary amides is 1. The van der Waals surface area contributed by atoms with Crippen LogP contribution in [0.4, 0.5) is 0 Å². The number of aliphatic carboxylic acids is 1. The molecule has 0 aromatic carbocycles. The van der Waals surface area contributed by atoms with E-state index >= 15 is 0 Å². The average Bonchev–Trinajstić information content (AvgIpc) is 2.83. The summed E-state index contributed by atoms with van der Waals surface area (Å²) in [6.07, 6.45) is -0.192. The van der Waals surface area contributed by atoms with Gasteiger partial charge in [-0.25, -0.2) is 4.98 Å². The Morgan fingerprint density at radius 3 is 2.90 bits per heavy atom. The largest absolute Gasteiger partial charge is 0.481 e. The van der Waals surface area contributed by atoms with Gasteiger partial charge in [0.05, 0.1) is 17.7 Å². The highest BCUT2D eigenvalue weighted by molar-refractivity contribution is 7.99. The molecule has 0 atom stereocenters. The number of carbonyl (C=O) groups excluding carboxylic acids is 1. The lowest BCUT2D eigenvalue weighted by molar-refractivity contribution is -0.137. The molecule has 0 saturated heterocycles. The molecule has 0 fully saturated rings. The van der Waals surface area contributed by atoms with E-state index in [1.807, 2.05) is 0 Å². The predicted octanol–water partition coefficient (Wildman–Crippen LogP) is 0.510. The van der Waals surface area contributed by atoms with E-state index in [1.165, 1.54) is 15.9 Å². The highest BCUT2D eigenvalue weighted by Gasteiger charge is 2.14. The van der Waals surface area contributed by atoms with Gasteiger partial charge in [-0.15, -0.1) is 11.3 Å². The molecule has 0 spiro atoms. The highest BCUT2D eigenvalue weighted by atomic mass is 32.2. The van der Waals surface area contributed by atoms with Crippen LogP contribution in [0.25, 0.3) is 10.2 Å². The molecule has 2 rings (SSSR count). The number of thioether (sulfide) groups is 1. The van der Waals surface area contributed by atoms with E-state index in [9.17, 15) is 14.4 Å². The molecule has 0 aliphatic carbocycles. The van der Waals surface area contributed by atoms with Crippen molar-refractivity contribution < 1.29 is 14.7 Å². The van der Waals surface area contributed by atoms with Crippen molar-refractivity contribution in [3.63, 3.8) is 0 Å². The lowest BCUT2D eigenvalue weighted by Gasteiger charge is -2.10. The number of aromatic nitrogens is 2. The van der Waals surface area contributed by atoms with Crippen molar-refractivity contribution in [2.45, 2.75) is 18.1 Å². The van der Waals surface area contributed by atoms with Crippen molar-refractivity contribution in [3.05, 3.63) is 21.8 Å². The van der Waals surface area contributed by atoms with Gasteiger partial charge >= 0.3 is 5.97 Å². The smallest absolute Gasteiger partial charge is 0.305 e. The van der Waals surface area contributed by atoms with Crippen molar-refractivity contribution in [2.75, 3.05) is 5.75 Å². The fraction of sp³-hybridized carbons (Fsp3) is 0.273. The Labute approximate surface area is 121 Å². The quantitative estimate of drug-likeness (QED) is 0.593. The van der Waals surface area contributed by atoms with E-state index in [0.717, 1.165) is 11.8 Å². The van der Waals surface area contributed by atoms with Crippen molar-refractivity contribution in [2.24, 2.45) is 5.73 Å². The van der Waals surface area contributed by atoms with Gasteiger partial charge < -0.3 is 10.8 Å². The molecular formula is C11H11N3O4S2. The van der Waals surface area contributed by atoms with Crippen molar-refractivity contribution in [1.82, 2.24) is 9.55 Å². The van der Waals surface area contributed by atoms with Gasteiger partial charge in [-0.1, -0.05) is 11.8 Å². The number of rotatable bonds is 6. The molecule has 20 heavy (non-hydrogen) atoms. The number of hydrogen-bond donors (Lipinski definition) is 2. The van der Waals surface area contributed by atoms with E-state index in [-0.39, 0.29) is 24.3 Å². The zero-order chi connectivity index (χ0) is 14.7. The van der Waals surface area contributed by atoms with Crippen LogP contribution in [0.1, 0.15) is 6.42 Å². The van der Waals surface area contributed by atoms with Gasteiger partial charge in [0.15, 0.2) is 5.16 Å². The summed E-state index contributed by atoms with van der Waals surface area (Å²) in [6.45, 7) is 0.0100. The third-order valence-electron chi connectivity index (χ3n) is 2.42. The summed E-state index contributed by atoms with van der Waals surface area (Å²) >= 11 is 2.28. The van der Waals surface area contributed by atoms with Crippen LogP contribution in [-0.4, -0.2) is 32.3 Å². The molecule has 7 nitrogen and oxygen atoms in total. The first-order chi connectivity index (χ1) is 9.49. The Kier molecular flexibility index (Phi) is 4.40. The summed E-state index contributed by atoms with van der Waals surface area (Å²) in [6, 6.07) is 1.71. The molecule has 106 valence electrons. The van der Waals surface area contributed by atoms with E-state index in [1.54, 1.807) is 11.4 Å². The second kappa shape index (κ2) is 6.06. The number of thiophene rings is 1. The van der Waals surface area contributed by atoms with Gasteiger partial charge in [-0.3, -0.25) is 19.0 Å². The number of nitrogens with two attached hydrogens (primary N) is 1. The summed E-state index contributed by atoms with van der Waals surface area (Å²) in [5, 5.41) is 10.8. The topological polar surface area (TPSA) is 115 Å². The van der Waals surface area contributed by atoms with Crippen molar-refractivity contribution in [1.29, 1.82) is 0 Å². The number of carboxylic acids is 1. The number of hydrogen-bond acceptors (Lipinski definition) is 6. The summed E-state index contributed by atoms with van der Waals surface area (Å²) in [4.78, 5) is 38.1. The van der Waals surface area contributed by atoms with Crippen molar-refractivity contribution in [3.8, 4) is 0 Å². The van der Waals surface area contributed by atoms with Crippen LogP contribution < -0.4 is 11.3 Å². The van der Waals surface area contributed by atoms with Crippen LogP contribution in [-0.2, 0) is 16.1 Å². The van der Waals surface area contributed by atoms with Crippen LogP contribution in [0.3, 0.4) is 0 Å². The standard InChI is InChI=1S/C11H11N3O4S2/c12-7(15)5-20-11-13-6-2-4-19-9(6)10(18)14(11)3-1-8(16)17/h2,4H,1,3,5H2,(H2,12,15)(H,16,17). The Morgan fingerprint density at radius 2 is 2.25 bits per heavy atom. The number of fused-ring (bicyclic) bond motifs is 1. The Bertz CT molecular complexity index is 722. The molecule has 0 aliphatic heterocycles. The highest BCUT2D eigenvalue weighted by Crippen LogP contribution is 2.20. The molecule has 2 heterocycles. The number of amides is 1. The normalized spacial score (nSPS) is 10.8. The fourth-order valence-electron chi connectivity index (χ4n) is 1.57. The molecule has 0 bridgehead atoms. The van der Waals surface area contributed by atoms with Crippen LogP contribution in [0, 0.1) is 0 Å². The van der Waals surface area contributed by atoms with E-state index < -0.39 is 11.9 Å². The molecule has 1 amide bonds. The Balaban J connectivity index is 2.44. The maximum Gasteiger partial charge on any atom is 0.305 e. The van der Waals surface area contributed by atoms with Crippen LogP contribution in [0.2, 0.25) is 0 Å². The number of carboxylic acid groups (broad SMARTS) is 1. The zero-order valence-corrected chi connectivity index (χ0v) is 11.9. The molecule has 2 aromatic heterocycles. The third kappa shape index (κ3) is 3.17. The fourth-order valence-corrected chi connectivity index (χ4v) is 3.12. The molecule has 0 radical (unpaired) electrons.